The molecule has 3 aromatic carbocycles. The molecule has 186 valence electrons. The van der Waals surface area contributed by atoms with Gasteiger partial charge in [0.2, 0.25) is 5.91 Å². The van der Waals surface area contributed by atoms with Crippen LogP contribution in [0.25, 0.3) is 0 Å². The number of hydrogen-bond donors (Lipinski definition) is 1. The Morgan fingerprint density at radius 1 is 0.971 bits per heavy atom. The summed E-state index contributed by atoms with van der Waals surface area (Å²) in [5, 5.41) is 2.84. The SMILES string of the molecule is COc1ccc(CCCNC(=O)CN(c2cccc(Br)c2)S(=O)(=O)c2ccc(C)cc2)cc1OC. The molecule has 0 atom stereocenters. The lowest BCUT2D eigenvalue weighted by molar-refractivity contribution is -0.119. The number of carbonyl (C=O) groups is 1. The van der Waals surface area contributed by atoms with Crippen LogP contribution in [0.15, 0.2) is 76.1 Å². The number of nitrogens with zero attached hydrogens (tertiary/aromatic N) is 1. The fourth-order valence-corrected chi connectivity index (χ4v) is 5.33. The van der Waals surface area contributed by atoms with E-state index < -0.39 is 10.0 Å². The minimum Gasteiger partial charge on any atom is -0.493 e. The third-order valence-corrected chi connectivity index (χ3v) is 7.69. The van der Waals surface area contributed by atoms with E-state index in [9.17, 15) is 13.2 Å². The average molecular weight is 561 g/mol. The number of nitrogens with one attached hydrogen (secondary N) is 1. The quantitative estimate of drug-likeness (QED) is 0.343. The maximum Gasteiger partial charge on any atom is 0.264 e. The van der Waals surface area contributed by atoms with E-state index in [0.29, 0.717) is 30.2 Å². The fourth-order valence-electron chi connectivity index (χ4n) is 3.53. The van der Waals surface area contributed by atoms with Crippen molar-refractivity contribution in [3.63, 3.8) is 0 Å². The third kappa shape index (κ3) is 6.99. The largest absolute Gasteiger partial charge is 0.493 e. The number of hydrogen-bond acceptors (Lipinski definition) is 5. The van der Waals surface area contributed by atoms with E-state index >= 15 is 0 Å². The summed E-state index contributed by atoms with van der Waals surface area (Å²) in [5.41, 5.74) is 2.40. The Labute approximate surface area is 215 Å². The smallest absolute Gasteiger partial charge is 0.264 e. The molecule has 1 N–H and O–H groups in total. The van der Waals surface area contributed by atoms with Gasteiger partial charge in [-0.15, -0.1) is 0 Å². The maximum atomic E-state index is 13.4. The van der Waals surface area contributed by atoms with Crippen LogP contribution in [-0.4, -0.2) is 41.6 Å². The van der Waals surface area contributed by atoms with Crippen molar-refractivity contribution >= 4 is 37.5 Å². The molecule has 0 radical (unpaired) electrons. The van der Waals surface area contributed by atoms with Gasteiger partial charge in [-0.2, -0.15) is 0 Å². The summed E-state index contributed by atoms with van der Waals surface area (Å²) in [5.74, 6) is 0.931. The summed E-state index contributed by atoms with van der Waals surface area (Å²) < 4.78 is 39.3. The second-order valence-corrected chi connectivity index (χ2v) is 10.7. The summed E-state index contributed by atoms with van der Waals surface area (Å²) in [6.07, 6.45) is 1.40. The number of rotatable bonds is 11. The minimum atomic E-state index is -3.94. The van der Waals surface area contributed by atoms with Gasteiger partial charge in [0.05, 0.1) is 24.8 Å². The molecular weight excluding hydrogens is 532 g/mol. The molecule has 0 aromatic heterocycles. The maximum absolute atomic E-state index is 13.4. The van der Waals surface area contributed by atoms with Crippen molar-refractivity contribution in [3.05, 3.63) is 82.3 Å². The average Bonchev–Trinajstić information content (AvgIpc) is 2.85. The number of methoxy groups -OCH3 is 2. The number of aryl methyl sites for hydroxylation is 2. The number of carbonyl (C=O) groups excluding carboxylic acids is 1. The minimum absolute atomic E-state index is 0.129. The molecule has 35 heavy (non-hydrogen) atoms. The highest BCUT2D eigenvalue weighted by Crippen LogP contribution is 2.28. The third-order valence-electron chi connectivity index (χ3n) is 5.40. The zero-order chi connectivity index (χ0) is 25.4. The zero-order valence-electron chi connectivity index (χ0n) is 20.0. The topological polar surface area (TPSA) is 84.9 Å². The van der Waals surface area contributed by atoms with Crippen molar-refractivity contribution in [1.29, 1.82) is 0 Å². The lowest BCUT2D eigenvalue weighted by atomic mass is 10.1. The highest BCUT2D eigenvalue weighted by molar-refractivity contribution is 9.10. The van der Waals surface area contributed by atoms with Crippen molar-refractivity contribution in [2.24, 2.45) is 0 Å². The summed E-state index contributed by atoms with van der Waals surface area (Å²) in [6.45, 7) is 1.96. The van der Waals surface area contributed by atoms with Gasteiger partial charge in [-0.3, -0.25) is 9.10 Å². The van der Waals surface area contributed by atoms with Gasteiger partial charge < -0.3 is 14.8 Å². The van der Waals surface area contributed by atoms with Gasteiger partial charge >= 0.3 is 0 Å². The van der Waals surface area contributed by atoms with Crippen molar-refractivity contribution in [2.45, 2.75) is 24.7 Å². The molecule has 0 heterocycles. The second kappa shape index (κ2) is 12.1. The molecule has 7 nitrogen and oxygen atoms in total. The van der Waals surface area contributed by atoms with Gasteiger partial charge in [0.15, 0.2) is 11.5 Å². The number of ether oxygens (including phenoxy) is 2. The van der Waals surface area contributed by atoms with Crippen molar-refractivity contribution in [1.82, 2.24) is 5.32 Å². The predicted molar refractivity (Wildman–Crippen MR) is 141 cm³/mol. The molecule has 0 aliphatic carbocycles. The highest BCUT2D eigenvalue weighted by Gasteiger charge is 2.27. The van der Waals surface area contributed by atoms with E-state index in [4.69, 9.17) is 9.47 Å². The molecule has 1 amide bonds. The Hall–Kier alpha value is -3.04. The van der Waals surface area contributed by atoms with E-state index in [-0.39, 0.29) is 17.3 Å². The van der Waals surface area contributed by atoms with Gasteiger partial charge in [-0.25, -0.2) is 8.42 Å². The Morgan fingerprint density at radius 2 is 1.69 bits per heavy atom. The van der Waals surface area contributed by atoms with Crippen molar-refractivity contribution in [3.8, 4) is 11.5 Å². The molecule has 3 aromatic rings. The number of benzene rings is 3. The van der Waals surface area contributed by atoms with Gasteiger partial charge in [0.25, 0.3) is 10.0 Å². The van der Waals surface area contributed by atoms with Crippen LogP contribution in [0.5, 0.6) is 11.5 Å². The first-order chi connectivity index (χ1) is 16.7. The zero-order valence-corrected chi connectivity index (χ0v) is 22.4. The van der Waals surface area contributed by atoms with Crippen LogP contribution in [0, 0.1) is 6.92 Å². The summed E-state index contributed by atoms with van der Waals surface area (Å²) in [6, 6.07) is 19.2. The van der Waals surface area contributed by atoms with Crippen LogP contribution in [-0.2, 0) is 21.2 Å². The summed E-state index contributed by atoms with van der Waals surface area (Å²) in [7, 11) is -0.771. The van der Waals surface area contributed by atoms with E-state index in [0.717, 1.165) is 26.3 Å². The van der Waals surface area contributed by atoms with Gasteiger partial charge in [0.1, 0.15) is 6.54 Å². The van der Waals surface area contributed by atoms with Crippen LogP contribution in [0.1, 0.15) is 17.5 Å². The lowest BCUT2D eigenvalue weighted by Gasteiger charge is -2.24. The number of amides is 1. The van der Waals surface area contributed by atoms with Crippen LogP contribution in [0.2, 0.25) is 0 Å². The summed E-state index contributed by atoms with van der Waals surface area (Å²) in [4.78, 5) is 12.9. The van der Waals surface area contributed by atoms with Crippen LogP contribution in [0.3, 0.4) is 0 Å². The molecule has 0 saturated heterocycles. The number of halogens is 1. The molecule has 0 aliphatic rings. The normalized spacial score (nSPS) is 11.1. The molecule has 0 bridgehead atoms. The summed E-state index contributed by atoms with van der Waals surface area (Å²) >= 11 is 3.38. The molecule has 0 spiro atoms. The Bertz CT molecular complexity index is 1260. The molecule has 0 unspecified atom stereocenters. The van der Waals surface area contributed by atoms with Crippen molar-refractivity contribution in [2.75, 3.05) is 31.6 Å². The van der Waals surface area contributed by atoms with Gasteiger partial charge in [-0.1, -0.05) is 45.8 Å². The first-order valence-electron chi connectivity index (χ1n) is 11.1. The molecule has 0 saturated carbocycles. The molecule has 0 aliphatic heterocycles. The van der Waals surface area contributed by atoms with Crippen LogP contribution >= 0.6 is 15.9 Å². The monoisotopic (exact) mass is 560 g/mol. The molecule has 9 heteroatoms. The first-order valence-corrected chi connectivity index (χ1v) is 13.3. The number of anilines is 1. The Kier molecular flexibility index (Phi) is 9.17. The van der Waals surface area contributed by atoms with E-state index in [1.807, 2.05) is 25.1 Å². The van der Waals surface area contributed by atoms with E-state index in [1.54, 1.807) is 62.8 Å². The number of sulfonamides is 1. The van der Waals surface area contributed by atoms with E-state index in [1.165, 1.54) is 0 Å². The lowest BCUT2D eigenvalue weighted by Crippen LogP contribution is -2.41. The highest BCUT2D eigenvalue weighted by atomic mass is 79.9. The van der Waals surface area contributed by atoms with Gasteiger partial charge in [0, 0.05) is 11.0 Å². The van der Waals surface area contributed by atoms with Crippen molar-refractivity contribution < 1.29 is 22.7 Å². The molecule has 3 rings (SSSR count). The Morgan fingerprint density at radius 3 is 2.34 bits per heavy atom. The standard InChI is InChI=1S/C26H29BrN2O5S/c1-19-9-12-23(13-10-19)35(31,32)29(22-8-4-7-21(27)17-22)18-26(30)28-15-5-6-20-11-14-24(33-2)25(16-20)34-3/h4,7-14,16-17H,5-6,15,18H2,1-3H3,(H,28,30). The van der Waals surface area contributed by atoms with Crippen LogP contribution < -0.4 is 19.1 Å². The molecular formula is C26H29BrN2O5S. The fraction of sp³-hybridized carbons (Fsp3) is 0.269. The Balaban J connectivity index is 1.68. The predicted octanol–water partition coefficient (Wildman–Crippen LogP) is 4.72. The second-order valence-electron chi connectivity index (χ2n) is 7.95. The molecule has 0 fully saturated rings. The van der Waals surface area contributed by atoms with Gasteiger partial charge in [-0.05, 0) is 67.8 Å². The van der Waals surface area contributed by atoms with Crippen LogP contribution in [0.4, 0.5) is 5.69 Å². The first kappa shape index (κ1) is 26.6. The van der Waals surface area contributed by atoms with E-state index in [2.05, 4.69) is 21.2 Å².